The summed E-state index contributed by atoms with van der Waals surface area (Å²) in [5.41, 5.74) is 4.71. The lowest BCUT2D eigenvalue weighted by Crippen LogP contribution is -2.27. The van der Waals surface area contributed by atoms with Crippen LogP contribution in [0.5, 0.6) is 0 Å². The van der Waals surface area contributed by atoms with Gasteiger partial charge in [0.25, 0.3) is 5.89 Å². The van der Waals surface area contributed by atoms with E-state index in [0.29, 0.717) is 0 Å². The quantitative estimate of drug-likeness (QED) is 0.816. The van der Waals surface area contributed by atoms with E-state index in [1.807, 2.05) is 0 Å². The monoisotopic (exact) mass is 268 g/mol. The van der Waals surface area contributed by atoms with Gasteiger partial charge in [-0.2, -0.15) is 0 Å². The first-order valence-electron chi connectivity index (χ1n) is 5.27. The molecule has 0 unspecified atom stereocenters. The number of hydrogen-bond acceptors (Lipinski definition) is 9. The molecule has 0 spiro atoms. The summed E-state index contributed by atoms with van der Waals surface area (Å²) >= 11 is 0. The molecule has 0 bridgehead atoms. The van der Waals surface area contributed by atoms with Crippen LogP contribution in [0.3, 0.4) is 0 Å². The van der Waals surface area contributed by atoms with Gasteiger partial charge in [-0.25, -0.2) is 9.42 Å². The smallest absolute Gasteiger partial charge is 0.413 e. The van der Waals surface area contributed by atoms with E-state index in [2.05, 4.69) is 30.5 Å². The van der Waals surface area contributed by atoms with Crippen molar-refractivity contribution in [2.45, 2.75) is 26.4 Å². The summed E-state index contributed by atoms with van der Waals surface area (Å²) in [7, 11) is 0. The van der Waals surface area contributed by atoms with Crippen LogP contribution in [0.15, 0.2) is 9.05 Å². The molecule has 10 nitrogen and oxygen atoms in total. The van der Waals surface area contributed by atoms with Crippen molar-refractivity contribution in [3.63, 3.8) is 0 Å². The second kappa shape index (κ2) is 4.55. The molecule has 0 saturated carbocycles. The minimum atomic E-state index is -0.711. The van der Waals surface area contributed by atoms with Crippen molar-refractivity contribution >= 4 is 17.9 Å². The van der Waals surface area contributed by atoms with Gasteiger partial charge in [0, 0.05) is 0 Å². The van der Waals surface area contributed by atoms with Gasteiger partial charge in [0.15, 0.2) is 0 Å². The highest BCUT2D eigenvalue weighted by molar-refractivity contribution is 5.87. The van der Waals surface area contributed by atoms with Crippen LogP contribution >= 0.6 is 0 Å². The van der Waals surface area contributed by atoms with Crippen LogP contribution in [0, 0.1) is 0 Å². The van der Waals surface area contributed by atoms with E-state index in [4.69, 9.17) is 14.9 Å². The second-order valence-electron chi connectivity index (χ2n) is 4.53. The Morgan fingerprint density at radius 1 is 1.32 bits per heavy atom. The third-order valence-electron chi connectivity index (χ3n) is 1.75. The molecule has 2 rings (SSSR count). The summed E-state index contributed by atoms with van der Waals surface area (Å²) < 4.78 is 14.5. The van der Waals surface area contributed by atoms with Crippen LogP contribution in [0.1, 0.15) is 20.8 Å². The lowest BCUT2D eigenvalue weighted by Gasteiger charge is -2.18. The van der Waals surface area contributed by atoms with Crippen LogP contribution < -0.4 is 11.1 Å². The highest BCUT2D eigenvalue weighted by atomic mass is 16.6. The van der Waals surface area contributed by atoms with Crippen LogP contribution in [-0.4, -0.2) is 32.2 Å². The summed E-state index contributed by atoms with van der Waals surface area (Å²) in [6, 6.07) is -0.138. The molecule has 0 aromatic carbocycles. The standard InChI is InChI=1S/C9H12N6O4/c1-9(2,3)18-8(16)11-5-4(14-19-15-5)6-12-13-7(10)17-6/h1-3H3,(H2,10,13)(H,11,15,16). The fraction of sp³-hybridized carbons (Fsp3) is 0.444. The van der Waals surface area contributed by atoms with Crippen molar-refractivity contribution in [3.8, 4) is 11.6 Å². The highest BCUT2D eigenvalue weighted by Crippen LogP contribution is 2.23. The molecule has 0 fully saturated rings. The predicted molar refractivity (Wildman–Crippen MR) is 61.9 cm³/mol. The summed E-state index contributed by atoms with van der Waals surface area (Å²) in [6.07, 6.45) is -0.711. The minimum Gasteiger partial charge on any atom is -0.444 e. The Kier molecular flexibility index (Phi) is 3.07. The van der Waals surface area contributed by atoms with Gasteiger partial charge in [-0.3, -0.25) is 5.32 Å². The van der Waals surface area contributed by atoms with Crippen LogP contribution in [0.4, 0.5) is 16.6 Å². The van der Waals surface area contributed by atoms with Crippen molar-refractivity contribution in [3.05, 3.63) is 0 Å². The molecule has 102 valence electrons. The zero-order valence-electron chi connectivity index (χ0n) is 10.5. The van der Waals surface area contributed by atoms with Crippen molar-refractivity contribution in [2.24, 2.45) is 0 Å². The lowest BCUT2D eigenvalue weighted by molar-refractivity contribution is 0.0634. The zero-order valence-corrected chi connectivity index (χ0v) is 10.5. The molecule has 0 radical (unpaired) electrons. The molecule has 0 saturated heterocycles. The topological polar surface area (TPSA) is 142 Å². The largest absolute Gasteiger partial charge is 0.444 e. The third-order valence-corrected chi connectivity index (χ3v) is 1.75. The Morgan fingerprint density at radius 3 is 2.63 bits per heavy atom. The van der Waals surface area contributed by atoms with E-state index in [1.165, 1.54) is 0 Å². The summed E-state index contributed by atoms with van der Waals surface area (Å²) in [5.74, 6) is -0.0253. The minimum absolute atomic E-state index is 0.00194. The van der Waals surface area contributed by atoms with Gasteiger partial charge in [0.2, 0.25) is 11.5 Å². The van der Waals surface area contributed by atoms with Crippen LogP contribution in [-0.2, 0) is 4.74 Å². The molecule has 2 heterocycles. The van der Waals surface area contributed by atoms with E-state index in [1.54, 1.807) is 20.8 Å². The van der Waals surface area contributed by atoms with Gasteiger partial charge in [0.1, 0.15) is 5.60 Å². The molecule has 19 heavy (non-hydrogen) atoms. The molecule has 2 aromatic heterocycles. The first-order chi connectivity index (χ1) is 8.85. The Labute approximate surface area is 107 Å². The third kappa shape index (κ3) is 3.18. The molecule has 0 atom stereocenters. The molecule has 0 aliphatic carbocycles. The first-order valence-corrected chi connectivity index (χ1v) is 5.27. The van der Waals surface area contributed by atoms with E-state index in [-0.39, 0.29) is 23.4 Å². The van der Waals surface area contributed by atoms with Crippen molar-refractivity contribution in [1.29, 1.82) is 0 Å². The van der Waals surface area contributed by atoms with E-state index >= 15 is 0 Å². The van der Waals surface area contributed by atoms with Crippen LogP contribution in [0.25, 0.3) is 11.6 Å². The molecule has 1 amide bonds. The Balaban J connectivity index is 2.15. The fourth-order valence-corrected chi connectivity index (χ4v) is 1.14. The number of aromatic nitrogens is 4. The average Bonchev–Trinajstić information content (AvgIpc) is 2.83. The SMILES string of the molecule is CC(C)(C)OC(=O)Nc1nonc1-c1nnc(N)o1. The number of anilines is 2. The van der Waals surface area contributed by atoms with Gasteiger partial charge >= 0.3 is 12.1 Å². The maximum absolute atomic E-state index is 11.6. The molecule has 0 aliphatic heterocycles. The Hall–Kier alpha value is -2.65. The number of nitrogens with two attached hydrogens (primary N) is 1. The van der Waals surface area contributed by atoms with Gasteiger partial charge in [-0.15, -0.1) is 5.10 Å². The number of carbonyl (C=O) groups excluding carboxylic acids is 1. The molecule has 3 N–H and O–H groups in total. The van der Waals surface area contributed by atoms with Gasteiger partial charge < -0.3 is 14.9 Å². The molecular formula is C9H12N6O4. The number of amides is 1. The molecular weight excluding hydrogens is 256 g/mol. The van der Waals surface area contributed by atoms with Crippen molar-refractivity contribution < 1.29 is 18.6 Å². The number of ether oxygens (including phenoxy) is 1. The maximum Gasteiger partial charge on any atom is 0.413 e. The second-order valence-corrected chi connectivity index (χ2v) is 4.53. The van der Waals surface area contributed by atoms with Gasteiger partial charge in [-0.05, 0) is 31.1 Å². The first kappa shape index (κ1) is 12.8. The highest BCUT2D eigenvalue weighted by Gasteiger charge is 2.23. The fourth-order valence-electron chi connectivity index (χ4n) is 1.14. The van der Waals surface area contributed by atoms with E-state index in [0.717, 1.165) is 0 Å². The zero-order chi connectivity index (χ0) is 14.0. The number of nitrogens with zero attached hydrogens (tertiary/aromatic N) is 4. The molecule has 10 heteroatoms. The summed E-state index contributed by atoms with van der Waals surface area (Å²) in [6.45, 7) is 5.19. The number of nitrogens with one attached hydrogen (secondary N) is 1. The lowest BCUT2D eigenvalue weighted by atomic mass is 10.2. The van der Waals surface area contributed by atoms with Crippen LogP contribution in [0.2, 0.25) is 0 Å². The van der Waals surface area contributed by atoms with Gasteiger partial charge in [-0.1, -0.05) is 5.10 Å². The Morgan fingerprint density at radius 2 is 2.05 bits per heavy atom. The summed E-state index contributed by atoms with van der Waals surface area (Å²) in [4.78, 5) is 11.6. The number of carbonyl (C=O) groups is 1. The number of rotatable bonds is 2. The normalized spacial score (nSPS) is 11.3. The molecule has 0 aliphatic rings. The number of nitrogen functional groups attached to an aromatic ring is 1. The van der Waals surface area contributed by atoms with Gasteiger partial charge in [0.05, 0.1) is 0 Å². The van der Waals surface area contributed by atoms with E-state index < -0.39 is 11.7 Å². The van der Waals surface area contributed by atoms with Crippen molar-refractivity contribution in [1.82, 2.24) is 20.5 Å². The molecule has 2 aromatic rings. The summed E-state index contributed by atoms with van der Waals surface area (Å²) in [5, 5.41) is 16.5. The number of hydrogen-bond donors (Lipinski definition) is 2. The Bertz CT molecular complexity index is 584. The van der Waals surface area contributed by atoms with Crippen molar-refractivity contribution in [2.75, 3.05) is 11.1 Å². The maximum atomic E-state index is 11.6. The average molecular weight is 268 g/mol. The predicted octanol–water partition coefficient (Wildman–Crippen LogP) is 1.05. The van der Waals surface area contributed by atoms with E-state index in [9.17, 15) is 4.79 Å².